The molecule has 0 N–H and O–H groups in total. The highest BCUT2D eigenvalue weighted by Gasteiger charge is 2.27. The van der Waals surface area contributed by atoms with Crippen molar-refractivity contribution in [1.29, 1.82) is 0 Å². The van der Waals surface area contributed by atoms with Crippen LogP contribution in [-0.2, 0) is 14.3 Å². The molecule has 1 fully saturated rings. The topological polar surface area (TPSA) is 43.4 Å². The minimum absolute atomic E-state index is 0.127. The summed E-state index contributed by atoms with van der Waals surface area (Å²) >= 11 is 1.36. The van der Waals surface area contributed by atoms with Crippen LogP contribution >= 0.6 is 11.8 Å². The van der Waals surface area contributed by atoms with E-state index in [-0.39, 0.29) is 11.2 Å². The Labute approximate surface area is 63.1 Å². The number of ether oxygens (including phenoxy) is 1. The van der Waals surface area contributed by atoms with Crippen LogP contribution in [0.15, 0.2) is 0 Å². The van der Waals surface area contributed by atoms with Crippen LogP contribution in [0.3, 0.4) is 0 Å². The van der Waals surface area contributed by atoms with Crippen molar-refractivity contribution in [2.24, 2.45) is 0 Å². The maximum Gasteiger partial charge on any atom is 0.326 e. The zero-order chi connectivity index (χ0) is 7.56. The van der Waals surface area contributed by atoms with Gasteiger partial charge in [0.25, 0.3) is 0 Å². The third-order valence-electron chi connectivity index (χ3n) is 1.25. The Morgan fingerprint density at radius 2 is 2.40 bits per heavy atom. The van der Waals surface area contributed by atoms with Crippen molar-refractivity contribution in [3.8, 4) is 0 Å². The largest absolute Gasteiger partial charge is 0.392 e. The van der Waals surface area contributed by atoms with E-state index < -0.39 is 5.97 Å². The second-order valence-corrected chi connectivity index (χ2v) is 3.19. The standard InChI is InChI=1S/C6H8O3S/c1-2-4-6(8)9-5(7)3-10-4/h4H,2-3H2,1H3. The van der Waals surface area contributed by atoms with Crippen molar-refractivity contribution in [1.82, 2.24) is 0 Å². The highest BCUT2D eigenvalue weighted by atomic mass is 32.2. The Hall–Kier alpha value is -0.510. The Bertz CT molecular complexity index is 166. The van der Waals surface area contributed by atoms with Gasteiger partial charge in [0, 0.05) is 0 Å². The SMILES string of the molecule is CCC1SCC(=O)OC1=O. The van der Waals surface area contributed by atoms with Crippen LogP contribution in [0.4, 0.5) is 0 Å². The Morgan fingerprint density at radius 1 is 1.70 bits per heavy atom. The predicted octanol–water partition coefficient (Wildman–Crippen LogP) is 0.582. The Kier molecular flexibility index (Phi) is 2.32. The molecule has 0 saturated carbocycles. The molecule has 0 spiro atoms. The Morgan fingerprint density at radius 3 is 2.90 bits per heavy atom. The minimum atomic E-state index is -0.417. The van der Waals surface area contributed by atoms with Gasteiger partial charge >= 0.3 is 11.9 Å². The van der Waals surface area contributed by atoms with E-state index in [4.69, 9.17) is 0 Å². The summed E-state index contributed by atoms with van der Waals surface area (Å²) in [5, 5.41) is -0.127. The van der Waals surface area contributed by atoms with E-state index in [1.807, 2.05) is 6.92 Å². The van der Waals surface area contributed by atoms with E-state index in [9.17, 15) is 9.59 Å². The summed E-state index contributed by atoms with van der Waals surface area (Å²) in [6.45, 7) is 1.90. The lowest BCUT2D eigenvalue weighted by atomic mass is 10.3. The molecular formula is C6H8O3S. The number of hydrogen-bond donors (Lipinski definition) is 0. The molecule has 0 aromatic carbocycles. The van der Waals surface area contributed by atoms with Crippen molar-refractivity contribution in [3.05, 3.63) is 0 Å². The Balaban J connectivity index is 2.51. The first-order valence-electron chi connectivity index (χ1n) is 3.10. The molecule has 0 radical (unpaired) electrons. The van der Waals surface area contributed by atoms with Gasteiger partial charge in [0.15, 0.2) is 0 Å². The molecule has 0 aromatic heterocycles. The van der Waals surface area contributed by atoms with Crippen LogP contribution in [0.1, 0.15) is 13.3 Å². The number of hydrogen-bond acceptors (Lipinski definition) is 4. The second-order valence-electron chi connectivity index (χ2n) is 2.00. The average molecular weight is 160 g/mol. The van der Waals surface area contributed by atoms with E-state index in [1.54, 1.807) is 0 Å². The summed E-state index contributed by atoms with van der Waals surface area (Å²) in [5.74, 6) is -0.493. The normalized spacial score (nSPS) is 26.3. The quantitative estimate of drug-likeness (QED) is 0.416. The summed E-state index contributed by atoms with van der Waals surface area (Å²) in [5.41, 5.74) is 0. The van der Waals surface area contributed by atoms with E-state index >= 15 is 0 Å². The molecule has 1 unspecified atom stereocenters. The van der Waals surface area contributed by atoms with E-state index in [2.05, 4.69) is 4.74 Å². The first-order valence-corrected chi connectivity index (χ1v) is 4.15. The fraction of sp³-hybridized carbons (Fsp3) is 0.667. The highest BCUT2D eigenvalue weighted by Crippen LogP contribution is 2.20. The molecule has 0 aromatic rings. The van der Waals surface area contributed by atoms with Crippen LogP contribution in [-0.4, -0.2) is 22.9 Å². The summed E-state index contributed by atoms with van der Waals surface area (Å²) in [7, 11) is 0. The van der Waals surface area contributed by atoms with Crippen molar-refractivity contribution in [2.75, 3.05) is 5.75 Å². The predicted molar refractivity (Wildman–Crippen MR) is 37.6 cm³/mol. The van der Waals surface area contributed by atoms with Gasteiger partial charge in [-0.2, -0.15) is 0 Å². The molecule has 0 aliphatic carbocycles. The second kappa shape index (κ2) is 3.05. The van der Waals surface area contributed by atoms with Gasteiger partial charge in [-0.1, -0.05) is 6.92 Å². The van der Waals surface area contributed by atoms with Gasteiger partial charge in [-0.15, -0.1) is 11.8 Å². The smallest absolute Gasteiger partial charge is 0.326 e. The molecule has 1 rings (SSSR count). The third-order valence-corrected chi connectivity index (χ3v) is 2.58. The zero-order valence-electron chi connectivity index (χ0n) is 5.62. The summed E-state index contributed by atoms with van der Waals surface area (Å²) in [6.07, 6.45) is 0.733. The van der Waals surface area contributed by atoms with Gasteiger partial charge < -0.3 is 4.74 Å². The fourth-order valence-electron chi connectivity index (χ4n) is 0.729. The molecule has 3 nitrogen and oxygen atoms in total. The summed E-state index contributed by atoms with van der Waals surface area (Å²) < 4.78 is 4.39. The van der Waals surface area contributed by atoms with Crippen molar-refractivity contribution in [2.45, 2.75) is 18.6 Å². The van der Waals surface area contributed by atoms with E-state index in [0.717, 1.165) is 6.42 Å². The van der Waals surface area contributed by atoms with Gasteiger partial charge in [-0.05, 0) is 6.42 Å². The van der Waals surface area contributed by atoms with Crippen molar-refractivity contribution in [3.63, 3.8) is 0 Å². The fourth-order valence-corrected chi connectivity index (χ4v) is 1.54. The molecule has 1 aliphatic heterocycles. The zero-order valence-corrected chi connectivity index (χ0v) is 6.44. The van der Waals surface area contributed by atoms with Gasteiger partial charge in [0.1, 0.15) is 5.25 Å². The van der Waals surface area contributed by atoms with Crippen molar-refractivity contribution >= 4 is 23.7 Å². The first kappa shape index (κ1) is 7.60. The molecular weight excluding hydrogens is 152 g/mol. The maximum absolute atomic E-state index is 10.8. The molecule has 0 amide bonds. The molecule has 1 saturated heterocycles. The summed E-state index contributed by atoms with van der Waals surface area (Å²) in [4.78, 5) is 21.2. The first-order chi connectivity index (χ1) is 4.74. The summed E-state index contributed by atoms with van der Waals surface area (Å²) in [6, 6.07) is 0. The lowest BCUT2D eigenvalue weighted by molar-refractivity contribution is -0.158. The molecule has 1 atom stereocenters. The minimum Gasteiger partial charge on any atom is -0.392 e. The molecule has 1 aliphatic rings. The molecule has 4 heteroatoms. The van der Waals surface area contributed by atoms with E-state index in [1.165, 1.54) is 11.8 Å². The van der Waals surface area contributed by atoms with Crippen LogP contribution in [0.25, 0.3) is 0 Å². The molecule has 1 heterocycles. The lowest BCUT2D eigenvalue weighted by Crippen LogP contribution is -2.30. The van der Waals surface area contributed by atoms with Gasteiger partial charge in [0.05, 0.1) is 5.75 Å². The number of thioether (sulfide) groups is 1. The third kappa shape index (κ3) is 1.50. The van der Waals surface area contributed by atoms with Crippen LogP contribution in [0.5, 0.6) is 0 Å². The number of carbonyl (C=O) groups excluding carboxylic acids is 2. The van der Waals surface area contributed by atoms with Gasteiger partial charge in [0.2, 0.25) is 0 Å². The number of carbonyl (C=O) groups is 2. The van der Waals surface area contributed by atoms with Crippen molar-refractivity contribution < 1.29 is 14.3 Å². The number of esters is 2. The maximum atomic E-state index is 10.8. The molecule has 0 bridgehead atoms. The van der Waals surface area contributed by atoms with Crippen LogP contribution < -0.4 is 0 Å². The highest BCUT2D eigenvalue weighted by molar-refractivity contribution is 8.01. The number of rotatable bonds is 1. The monoisotopic (exact) mass is 160 g/mol. The number of cyclic esters (lactones) is 2. The molecule has 56 valence electrons. The molecule has 10 heavy (non-hydrogen) atoms. The lowest BCUT2D eigenvalue weighted by Gasteiger charge is -2.16. The average Bonchev–Trinajstić information content (AvgIpc) is 1.88. The van der Waals surface area contributed by atoms with Gasteiger partial charge in [-0.3, -0.25) is 9.59 Å². The van der Waals surface area contributed by atoms with Crippen LogP contribution in [0.2, 0.25) is 0 Å². The van der Waals surface area contributed by atoms with Crippen LogP contribution in [0, 0.1) is 0 Å². The van der Waals surface area contributed by atoms with E-state index in [0.29, 0.717) is 5.75 Å². The van der Waals surface area contributed by atoms with Gasteiger partial charge in [-0.25, -0.2) is 0 Å².